The zero-order valence-corrected chi connectivity index (χ0v) is 18.9. The Hall–Kier alpha value is -1.61. The Labute approximate surface area is 182 Å². The van der Waals surface area contributed by atoms with Crippen molar-refractivity contribution >= 4 is 23.9 Å². The first kappa shape index (κ1) is 24.7. The van der Waals surface area contributed by atoms with Crippen molar-refractivity contribution in [3.8, 4) is 0 Å². The van der Waals surface area contributed by atoms with Gasteiger partial charge in [0.15, 0.2) is 0 Å². The number of aliphatic hydroxyl groups is 2. The van der Waals surface area contributed by atoms with Crippen LogP contribution in [0.3, 0.4) is 0 Å². The highest BCUT2D eigenvalue weighted by Gasteiger charge is 2.41. The van der Waals surface area contributed by atoms with Crippen LogP contribution in [0.2, 0.25) is 0 Å². The number of rotatable bonds is 9. The van der Waals surface area contributed by atoms with Gasteiger partial charge in [-0.1, -0.05) is 45.0 Å². The standard InChI is InChI=1S/C22H33NO6S/c1-5-6-18(24)23-21-20(26)19(25)17(29-30-21)12-28-22(27)14(4)16-9-7-15(8-10-16)11-13(2)3/h7-10,13-14,17,19-21,25-26H,5-6,11-12H2,1-4H3,(H,23,24)/t14?,17-,19-,20+,21+/m1/s1. The molecule has 0 bridgehead atoms. The van der Waals surface area contributed by atoms with E-state index in [1.807, 2.05) is 31.2 Å². The summed E-state index contributed by atoms with van der Waals surface area (Å²) < 4.78 is 10.8. The van der Waals surface area contributed by atoms with Crippen molar-refractivity contribution in [1.29, 1.82) is 0 Å². The molecule has 2 rings (SSSR count). The van der Waals surface area contributed by atoms with E-state index in [0.717, 1.165) is 24.0 Å². The highest BCUT2D eigenvalue weighted by molar-refractivity contribution is 7.95. The second-order valence-corrected chi connectivity index (χ2v) is 9.03. The van der Waals surface area contributed by atoms with Crippen molar-refractivity contribution in [2.75, 3.05) is 6.61 Å². The molecule has 0 aliphatic carbocycles. The number of carbonyl (C=O) groups is 2. The van der Waals surface area contributed by atoms with E-state index in [-0.39, 0.29) is 12.5 Å². The zero-order valence-electron chi connectivity index (χ0n) is 18.0. The number of esters is 1. The molecule has 5 atom stereocenters. The number of carbonyl (C=O) groups excluding carboxylic acids is 2. The first-order valence-electron chi connectivity index (χ1n) is 10.5. The lowest BCUT2D eigenvalue weighted by Crippen LogP contribution is -2.55. The second-order valence-electron chi connectivity index (χ2n) is 8.14. The molecule has 30 heavy (non-hydrogen) atoms. The van der Waals surface area contributed by atoms with Crippen LogP contribution < -0.4 is 5.32 Å². The molecule has 1 unspecified atom stereocenters. The van der Waals surface area contributed by atoms with Crippen LogP contribution in [0.5, 0.6) is 0 Å². The lowest BCUT2D eigenvalue weighted by molar-refractivity contribution is -0.152. The lowest BCUT2D eigenvalue weighted by atomic mass is 9.97. The van der Waals surface area contributed by atoms with E-state index in [0.29, 0.717) is 18.8 Å². The molecule has 1 aliphatic rings. The average Bonchev–Trinajstić information content (AvgIpc) is 2.70. The molecule has 8 heteroatoms. The zero-order chi connectivity index (χ0) is 22.3. The van der Waals surface area contributed by atoms with Gasteiger partial charge in [-0.2, -0.15) is 0 Å². The molecule has 168 valence electrons. The molecule has 3 N–H and O–H groups in total. The molecule has 1 amide bonds. The highest BCUT2D eigenvalue weighted by atomic mass is 32.2. The fourth-order valence-corrected chi connectivity index (χ4v) is 4.06. The maximum Gasteiger partial charge on any atom is 0.313 e. The van der Waals surface area contributed by atoms with Crippen LogP contribution >= 0.6 is 12.0 Å². The van der Waals surface area contributed by atoms with Crippen molar-refractivity contribution in [2.24, 2.45) is 5.92 Å². The molecule has 1 heterocycles. The number of hydrogen-bond acceptors (Lipinski definition) is 7. The Kier molecular flexibility index (Phi) is 9.61. The summed E-state index contributed by atoms with van der Waals surface area (Å²) in [6.07, 6.45) is -1.39. The van der Waals surface area contributed by atoms with Gasteiger partial charge < -0.3 is 24.4 Å². The van der Waals surface area contributed by atoms with Gasteiger partial charge in [0.05, 0.1) is 5.92 Å². The van der Waals surface area contributed by atoms with Gasteiger partial charge in [-0.15, -0.1) is 0 Å². The van der Waals surface area contributed by atoms with Crippen LogP contribution in [0.15, 0.2) is 24.3 Å². The van der Waals surface area contributed by atoms with Crippen LogP contribution in [-0.2, 0) is 24.9 Å². The van der Waals surface area contributed by atoms with Crippen molar-refractivity contribution in [3.05, 3.63) is 35.4 Å². The third-order valence-electron chi connectivity index (χ3n) is 4.97. The van der Waals surface area contributed by atoms with Crippen LogP contribution in [0.1, 0.15) is 57.6 Å². The predicted molar refractivity (Wildman–Crippen MR) is 116 cm³/mol. The molecule has 0 aromatic heterocycles. The SMILES string of the molecule is CCCC(=O)N[C@H]1SO[C@H](COC(=O)C(C)c2ccc(CC(C)C)cc2)[C@@H](O)[C@@H]1O. The minimum Gasteiger partial charge on any atom is -0.462 e. The van der Waals surface area contributed by atoms with E-state index in [2.05, 4.69) is 19.2 Å². The average molecular weight is 440 g/mol. The Morgan fingerprint density at radius 2 is 1.83 bits per heavy atom. The molecule has 1 aromatic rings. The largest absolute Gasteiger partial charge is 0.462 e. The molecule has 1 fully saturated rings. The second kappa shape index (κ2) is 11.7. The number of nitrogens with one attached hydrogen (secondary N) is 1. The Balaban J connectivity index is 1.84. The van der Waals surface area contributed by atoms with Gasteiger partial charge in [0.25, 0.3) is 0 Å². The smallest absolute Gasteiger partial charge is 0.313 e. The van der Waals surface area contributed by atoms with E-state index in [1.54, 1.807) is 6.92 Å². The first-order valence-corrected chi connectivity index (χ1v) is 11.3. The van der Waals surface area contributed by atoms with Crippen molar-refractivity contribution < 1.29 is 28.7 Å². The van der Waals surface area contributed by atoms with Gasteiger partial charge in [0, 0.05) is 18.5 Å². The van der Waals surface area contributed by atoms with Gasteiger partial charge in [-0.05, 0) is 36.8 Å². The summed E-state index contributed by atoms with van der Waals surface area (Å²) in [5, 5.41) is 22.4. The summed E-state index contributed by atoms with van der Waals surface area (Å²) in [6.45, 7) is 7.77. The number of ether oxygens (including phenoxy) is 1. The Morgan fingerprint density at radius 1 is 1.17 bits per heavy atom. The summed E-state index contributed by atoms with van der Waals surface area (Å²) in [4.78, 5) is 24.1. The number of aliphatic hydroxyl groups excluding tert-OH is 2. The Morgan fingerprint density at radius 3 is 2.43 bits per heavy atom. The van der Waals surface area contributed by atoms with Crippen LogP contribution in [0.25, 0.3) is 0 Å². The quantitative estimate of drug-likeness (QED) is 0.401. The normalized spacial score (nSPS) is 25.0. The molecular formula is C22H33NO6S. The summed E-state index contributed by atoms with van der Waals surface area (Å²) in [5.74, 6) is -0.548. The molecular weight excluding hydrogens is 406 g/mol. The number of hydrogen-bond donors (Lipinski definition) is 3. The van der Waals surface area contributed by atoms with Gasteiger partial charge in [0.1, 0.15) is 30.3 Å². The van der Waals surface area contributed by atoms with Crippen molar-refractivity contribution in [1.82, 2.24) is 5.32 Å². The summed E-state index contributed by atoms with van der Waals surface area (Å²) >= 11 is 0.867. The number of benzene rings is 1. The fraction of sp³-hybridized carbons (Fsp3) is 0.636. The maximum atomic E-state index is 12.4. The lowest BCUT2D eigenvalue weighted by Gasteiger charge is -2.36. The topological polar surface area (TPSA) is 105 Å². The van der Waals surface area contributed by atoms with Gasteiger partial charge >= 0.3 is 5.97 Å². The van der Waals surface area contributed by atoms with Gasteiger partial charge in [-0.3, -0.25) is 9.59 Å². The molecule has 0 saturated carbocycles. The van der Waals surface area contributed by atoms with Crippen LogP contribution in [0.4, 0.5) is 0 Å². The first-order chi connectivity index (χ1) is 14.2. The van der Waals surface area contributed by atoms with Gasteiger partial charge in [-0.25, -0.2) is 0 Å². The fourth-order valence-electron chi connectivity index (χ4n) is 3.18. The van der Waals surface area contributed by atoms with E-state index in [4.69, 9.17) is 8.92 Å². The molecule has 1 aliphatic heterocycles. The summed E-state index contributed by atoms with van der Waals surface area (Å²) in [7, 11) is 0. The Bertz CT molecular complexity index is 695. The van der Waals surface area contributed by atoms with E-state index < -0.39 is 35.6 Å². The maximum absolute atomic E-state index is 12.4. The molecule has 1 saturated heterocycles. The molecule has 7 nitrogen and oxygen atoms in total. The van der Waals surface area contributed by atoms with E-state index >= 15 is 0 Å². The van der Waals surface area contributed by atoms with Crippen LogP contribution in [0, 0.1) is 5.92 Å². The summed E-state index contributed by atoms with van der Waals surface area (Å²) in [6, 6.07) is 7.90. The minimum atomic E-state index is -1.28. The predicted octanol–water partition coefficient (Wildman–Crippen LogP) is 2.54. The molecule has 1 aromatic carbocycles. The monoisotopic (exact) mass is 439 g/mol. The molecule has 0 radical (unpaired) electrons. The third kappa shape index (κ3) is 6.97. The minimum absolute atomic E-state index is 0.185. The summed E-state index contributed by atoms with van der Waals surface area (Å²) in [5.41, 5.74) is 2.07. The third-order valence-corrected chi connectivity index (χ3v) is 5.93. The van der Waals surface area contributed by atoms with E-state index in [9.17, 15) is 19.8 Å². The van der Waals surface area contributed by atoms with Crippen molar-refractivity contribution in [2.45, 2.75) is 76.6 Å². The highest BCUT2D eigenvalue weighted by Crippen LogP contribution is 2.28. The van der Waals surface area contributed by atoms with E-state index in [1.165, 1.54) is 5.56 Å². The van der Waals surface area contributed by atoms with Gasteiger partial charge in [0.2, 0.25) is 5.91 Å². The van der Waals surface area contributed by atoms with Crippen LogP contribution in [-0.4, -0.2) is 52.4 Å². The number of amides is 1. The molecule has 0 spiro atoms. The van der Waals surface area contributed by atoms with Crippen molar-refractivity contribution in [3.63, 3.8) is 0 Å².